The molecule has 0 aromatic rings. The molecular formula is C3H9NO5S2. The Bertz CT molecular complexity index is 234. The fourth-order valence-electron chi connectivity index (χ4n) is 0.322. The van der Waals surface area contributed by atoms with Crippen molar-refractivity contribution in [2.24, 2.45) is 0 Å². The molecule has 0 rings (SSSR count). The predicted octanol–water partition coefficient (Wildman–Crippen LogP) is -1.06. The predicted molar refractivity (Wildman–Crippen MR) is 39.8 cm³/mol. The van der Waals surface area contributed by atoms with Crippen LogP contribution in [0.3, 0.4) is 0 Å². The van der Waals surface area contributed by atoms with Gasteiger partial charge in [0.2, 0.25) is 11.3 Å². The largest absolute Gasteiger partial charge is 0.294 e. The maximum absolute atomic E-state index is 10.2. The van der Waals surface area contributed by atoms with Crippen LogP contribution >= 0.6 is 0 Å². The number of nitrogens with zero attached hydrogens (tertiary/aromatic N) is 1. The van der Waals surface area contributed by atoms with Gasteiger partial charge < -0.3 is 0 Å². The van der Waals surface area contributed by atoms with E-state index in [2.05, 4.69) is 0 Å². The lowest BCUT2D eigenvalue weighted by atomic mass is 10.8. The van der Waals surface area contributed by atoms with E-state index >= 15 is 0 Å². The van der Waals surface area contributed by atoms with Crippen LogP contribution in [-0.2, 0) is 21.4 Å². The normalized spacial score (nSPS) is 15.3. The third-order valence-electron chi connectivity index (χ3n) is 0.931. The molecule has 0 aliphatic heterocycles. The molecule has 0 fully saturated rings. The summed E-state index contributed by atoms with van der Waals surface area (Å²) in [5.41, 5.74) is 0. The molecule has 0 amide bonds. The second-order valence-electron chi connectivity index (χ2n) is 1.87. The molecule has 2 N–H and O–H groups in total. The molecule has 0 aromatic carbocycles. The lowest BCUT2D eigenvalue weighted by molar-refractivity contribution is 0.447. The van der Waals surface area contributed by atoms with E-state index < -0.39 is 27.1 Å². The monoisotopic (exact) mass is 203 g/mol. The molecule has 0 spiro atoms. The summed E-state index contributed by atoms with van der Waals surface area (Å²) >= 11 is -2.19. The first-order chi connectivity index (χ1) is 4.83. The Morgan fingerprint density at radius 2 is 2.00 bits per heavy atom. The summed E-state index contributed by atoms with van der Waals surface area (Å²) in [6.07, 6.45) is 0. The summed E-state index contributed by atoms with van der Waals surface area (Å²) in [5.74, 6) is -0.546. The van der Waals surface area contributed by atoms with Crippen molar-refractivity contribution in [1.29, 1.82) is 0 Å². The van der Waals surface area contributed by atoms with Crippen molar-refractivity contribution in [2.45, 2.75) is 0 Å². The van der Waals surface area contributed by atoms with Crippen LogP contribution in [0.2, 0.25) is 0 Å². The first-order valence-corrected chi connectivity index (χ1v) is 5.27. The van der Waals surface area contributed by atoms with Crippen LogP contribution < -0.4 is 0 Å². The van der Waals surface area contributed by atoms with E-state index in [0.717, 1.165) is 4.31 Å². The maximum Gasteiger partial charge on any atom is 0.266 e. The van der Waals surface area contributed by atoms with Crippen molar-refractivity contribution in [3.63, 3.8) is 0 Å². The summed E-state index contributed by atoms with van der Waals surface area (Å²) in [6, 6.07) is 0. The number of hydrogen-bond acceptors (Lipinski definition) is 3. The molecule has 0 aliphatic rings. The van der Waals surface area contributed by atoms with Crippen molar-refractivity contribution in [3.05, 3.63) is 0 Å². The molecule has 8 heteroatoms. The minimum atomic E-state index is -4.04. The van der Waals surface area contributed by atoms with Crippen molar-refractivity contribution in [1.82, 2.24) is 4.31 Å². The van der Waals surface area contributed by atoms with E-state index in [4.69, 9.17) is 9.11 Å². The second-order valence-corrected chi connectivity index (χ2v) is 4.53. The van der Waals surface area contributed by atoms with Gasteiger partial charge in [0.05, 0.1) is 5.75 Å². The van der Waals surface area contributed by atoms with Gasteiger partial charge in [0.25, 0.3) is 10.1 Å². The quantitative estimate of drug-likeness (QED) is 0.448. The van der Waals surface area contributed by atoms with E-state index in [1.54, 1.807) is 0 Å². The lowest BCUT2D eigenvalue weighted by Gasteiger charge is -2.08. The molecule has 0 aliphatic carbocycles. The molecule has 0 saturated carbocycles. The molecule has 1 unspecified atom stereocenters. The smallest absolute Gasteiger partial charge is 0.266 e. The molecule has 0 saturated heterocycles. The van der Waals surface area contributed by atoms with Crippen LogP contribution in [0.5, 0.6) is 0 Å². The molecule has 11 heavy (non-hydrogen) atoms. The number of hydrogen-bond donors (Lipinski definition) is 2. The first kappa shape index (κ1) is 11.0. The average Bonchev–Trinajstić information content (AvgIpc) is 1.80. The zero-order chi connectivity index (χ0) is 9.07. The van der Waals surface area contributed by atoms with Gasteiger partial charge in [-0.2, -0.15) is 8.42 Å². The van der Waals surface area contributed by atoms with Crippen LogP contribution in [0.4, 0.5) is 0 Å². The molecule has 0 aromatic heterocycles. The van der Waals surface area contributed by atoms with Gasteiger partial charge in [-0.3, -0.25) is 9.11 Å². The summed E-state index contributed by atoms with van der Waals surface area (Å²) in [7, 11) is -2.77. The Balaban J connectivity index is 3.82. The van der Waals surface area contributed by atoms with E-state index in [-0.39, 0.29) is 6.54 Å². The zero-order valence-corrected chi connectivity index (χ0v) is 7.43. The highest BCUT2D eigenvalue weighted by Crippen LogP contribution is 1.89. The fraction of sp³-hybridized carbons (Fsp3) is 1.00. The molecule has 0 heterocycles. The SMILES string of the molecule is CN(CCS(=O)(=O)O)S(=O)O. The molecule has 1 atom stereocenters. The second kappa shape index (κ2) is 4.12. The number of rotatable bonds is 4. The highest BCUT2D eigenvalue weighted by Gasteiger charge is 2.09. The summed E-state index contributed by atoms with van der Waals surface area (Å²) in [4.78, 5) is 0. The zero-order valence-electron chi connectivity index (χ0n) is 5.80. The Hall–Kier alpha value is -0.0200. The van der Waals surface area contributed by atoms with Gasteiger partial charge >= 0.3 is 0 Å². The Morgan fingerprint density at radius 3 is 2.27 bits per heavy atom. The van der Waals surface area contributed by atoms with Gasteiger partial charge in [0.15, 0.2) is 0 Å². The Labute approximate surface area is 67.4 Å². The van der Waals surface area contributed by atoms with Crippen LogP contribution in [0, 0.1) is 0 Å². The van der Waals surface area contributed by atoms with Gasteiger partial charge in [-0.25, -0.2) is 8.51 Å². The minimum Gasteiger partial charge on any atom is -0.294 e. The molecule has 68 valence electrons. The van der Waals surface area contributed by atoms with E-state index in [0.29, 0.717) is 0 Å². The van der Waals surface area contributed by atoms with Crippen LogP contribution in [0.25, 0.3) is 0 Å². The van der Waals surface area contributed by atoms with Gasteiger partial charge in [0, 0.05) is 13.6 Å². The van der Waals surface area contributed by atoms with Crippen LogP contribution in [0.15, 0.2) is 0 Å². The maximum atomic E-state index is 10.2. The molecule has 6 nitrogen and oxygen atoms in total. The highest BCUT2D eigenvalue weighted by atomic mass is 32.2. The molecular weight excluding hydrogens is 194 g/mol. The van der Waals surface area contributed by atoms with Crippen LogP contribution in [-0.4, -0.2) is 45.4 Å². The Kier molecular flexibility index (Phi) is 4.11. The van der Waals surface area contributed by atoms with E-state index in [1.807, 2.05) is 0 Å². The fourth-order valence-corrected chi connectivity index (χ4v) is 1.19. The summed E-state index contributed by atoms with van der Waals surface area (Å²) in [6.45, 7) is -0.179. The van der Waals surface area contributed by atoms with Crippen molar-refractivity contribution in [2.75, 3.05) is 19.3 Å². The van der Waals surface area contributed by atoms with Crippen LogP contribution in [0.1, 0.15) is 0 Å². The molecule has 0 bridgehead atoms. The lowest BCUT2D eigenvalue weighted by Crippen LogP contribution is -2.26. The van der Waals surface area contributed by atoms with Crippen molar-refractivity contribution < 1.29 is 21.7 Å². The summed E-state index contributed by atoms with van der Waals surface area (Å²) in [5, 5.41) is 0. The van der Waals surface area contributed by atoms with Gasteiger partial charge in [-0.15, -0.1) is 0 Å². The first-order valence-electron chi connectivity index (χ1n) is 2.60. The van der Waals surface area contributed by atoms with Gasteiger partial charge in [-0.1, -0.05) is 0 Å². The summed E-state index contributed by atoms with van der Waals surface area (Å²) < 4.78 is 47.8. The van der Waals surface area contributed by atoms with Crippen molar-refractivity contribution >= 4 is 21.4 Å². The Morgan fingerprint density at radius 1 is 1.55 bits per heavy atom. The van der Waals surface area contributed by atoms with Crippen molar-refractivity contribution in [3.8, 4) is 0 Å². The van der Waals surface area contributed by atoms with Gasteiger partial charge in [-0.05, 0) is 0 Å². The third-order valence-corrected chi connectivity index (χ3v) is 2.35. The molecule has 0 radical (unpaired) electrons. The highest BCUT2D eigenvalue weighted by molar-refractivity contribution is 7.85. The topological polar surface area (TPSA) is 94.9 Å². The van der Waals surface area contributed by atoms with Gasteiger partial charge in [0.1, 0.15) is 0 Å². The average molecular weight is 203 g/mol. The minimum absolute atomic E-state index is 0.179. The third kappa shape index (κ3) is 6.38. The van der Waals surface area contributed by atoms with E-state index in [1.165, 1.54) is 7.05 Å². The van der Waals surface area contributed by atoms with E-state index in [9.17, 15) is 12.6 Å². The standard InChI is InChI=1S/C3H9NO5S2/c1-4(10(5)6)2-3-11(7,8)9/h2-3H2,1H3,(H,5,6)(H,7,8,9).